The number of hydrogen-bond acceptors (Lipinski definition) is 6. The van der Waals surface area contributed by atoms with Gasteiger partial charge in [-0.1, -0.05) is 6.58 Å². The van der Waals surface area contributed by atoms with Gasteiger partial charge in [-0.15, -0.1) is 0 Å². The van der Waals surface area contributed by atoms with Crippen molar-refractivity contribution in [2.45, 2.75) is 40.0 Å². The van der Waals surface area contributed by atoms with Crippen LogP contribution in [0.1, 0.15) is 40.0 Å². The highest BCUT2D eigenvalue weighted by molar-refractivity contribution is 6.66. The summed E-state index contributed by atoms with van der Waals surface area (Å²) in [7, 11) is -2.85. The third-order valence-corrected chi connectivity index (χ3v) is 5.39. The van der Waals surface area contributed by atoms with E-state index in [4.69, 9.17) is 27.5 Å². The summed E-state index contributed by atoms with van der Waals surface area (Å²) in [6, 6.07) is 0. The molecule has 0 aliphatic carbocycles. The maximum absolute atomic E-state index is 5.95. The minimum Gasteiger partial charge on any atom is -0.382 e. The van der Waals surface area contributed by atoms with E-state index in [1.807, 2.05) is 20.8 Å². The van der Waals surface area contributed by atoms with Crippen molar-refractivity contribution in [3.05, 3.63) is 12.3 Å². The zero-order valence-corrected chi connectivity index (χ0v) is 16.7. The monoisotopic (exact) mass is 364 g/mol. The van der Waals surface area contributed by atoms with Crippen LogP contribution in [0.15, 0.2) is 12.3 Å². The first-order chi connectivity index (χ1) is 11.7. The molecular weight excluding hydrogens is 328 g/mol. The first kappa shape index (κ1) is 23.7. The lowest BCUT2D eigenvalue weighted by Crippen LogP contribution is -2.45. The molecule has 0 atom stereocenters. The van der Waals surface area contributed by atoms with Crippen molar-refractivity contribution in [2.24, 2.45) is 0 Å². The van der Waals surface area contributed by atoms with E-state index in [9.17, 15) is 0 Å². The third-order valence-electron chi connectivity index (χ3n) is 3.07. The standard InChI is InChI=1S/C17H36O6Si/c1-5-18-12-9-15-21-24(8-4,22-16-10-13-19-6-2)23-17-11-14-20-7-3/h8H,4-7,9-17H2,1-3H3. The van der Waals surface area contributed by atoms with Crippen LogP contribution in [-0.4, -0.2) is 68.3 Å². The Morgan fingerprint density at radius 2 is 0.958 bits per heavy atom. The fourth-order valence-corrected chi connectivity index (χ4v) is 3.75. The van der Waals surface area contributed by atoms with E-state index in [1.165, 1.54) is 0 Å². The molecule has 0 aromatic carbocycles. The van der Waals surface area contributed by atoms with Gasteiger partial charge in [-0.05, 0) is 45.7 Å². The highest BCUT2D eigenvalue weighted by Gasteiger charge is 2.37. The molecule has 0 N–H and O–H groups in total. The quantitative estimate of drug-likeness (QED) is 0.259. The van der Waals surface area contributed by atoms with Gasteiger partial charge >= 0.3 is 8.80 Å². The Morgan fingerprint density at radius 1 is 0.625 bits per heavy atom. The minimum absolute atomic E-state index is 0.537. The van der Waals surface area contributed by atoms with Crippen LogP contribution in [-0.2, 0) is 27.5 Å². The van der Waals surface area contributed by atoms with E-state index in [-0.39, 0.29) is 0 Å². The second-order valence-corrected chi connectivity index (χ2v) is 7.49. The van der Waals surface area contributed by atoms with Gasteiger partial charge in [0.1, 0.15) is 0 Å². The summed E-state index contributed by atoms with van der Waals surface area (Å²) in [4.78, 5) is 0. The first-order valence-corrected chi connectivity index (χ1v) is 10.8. The van der Waals surface area contributed by atoms with Crippen molar-refractivity contribution in [3.8, 4) is 0 Å². The molecule has 0 fully saturated rings. The summed E-state index contributed by atoms with van der Waals surface area (Å²) in [5.74, 6) is 0. The van der Waals surface area contributed by atoms with Crippen LogP contribution < -0.4 is 0 Å². The third kappa shape index (κ3) is 13.1. The first-order valence-electron chi connectivity index (χ1n) is 9.03. The van der Waals surface area contributed by atoms with Crippen LogP contribution in [0.25, 0.3) is 0 Å². The second-order valence-electron chi connectivity index (χ2n) is 5.00. The van der Waals surface area contributed by atoms with E-state index in [0.717, 1.165) is 19.3 Å². The molecule has 0 saturated carbocycles. The molecular formula is C17H36O6Si. The molecule has 0 saturated heterocycles. The van der Waals surface area contributed by atoms with Gasteiger partial charge in [-0.2, -0.15) is 0 Å². The predicted octanol–water partition coefficient (Wildman–Crippen LogP) is 2.98. The van der Waals surface area contributed by atoms with Crippen molar-refractivity contribution in [3.63, 3.8) is 0 Å². The highest BCUT2D eigenvalue weighted by Crippen LogP contribution is 2.13. The van der Waals surface area contributed by atoms with Crippen LogP contribution in [0.3, 0.4) is 0 Å². The maximum atomic E-state index is 5.95. The molecule has 0 rings (SSSR count). The lowest BCUT2D eigenvalue weighted by atomic mass is 10.5. The van der Waals surface area contributed by atoms with Crippen molar-refractivity contribution in [1.29, 1.82) is 0 Å². The van der Waals surface area contributed by atoms with E-state index in [2.05, 4.69) is 6.58 Å². The molecule has 144 valence electrons. The summed E-state index contributed by atoms with van der Waals surface area (Å²) >= 11 is 0. The molecule has 0 radical (unpaired) electrons. The smallest absolute Gasteiger partial charge is 0.382 e. The molecule has 0 aliphatic heterocycles. The Hall–Kier alpha value is -0.283. The van der Waals surface area contributed by atoms with Gasteiger partial charge in [-0.25, -0.2) is 0 Å². The van der Waals surface area contributed by atoms with Crippen LogP contribution in [0, 0.1) is 0 Å². The molecule has 0 heterocycles. The molecule has 7 heteroatoms. The molecule has 24 heavy (non-hydrogen) atoms. The molecule has 0 aromatic heterocycles. The number of rotatable bonds is 19. The van der Waals surface area contributed by atoms with Crippen molar-refractivity contribution in [1.82, 2.24) is 0 Å². The highest BCUT2D eigenvalue weighted by atomic mass is 28.4. The molecule has 0 amide bonds. The Kier molecular flexibility index (Phi) is 17.3. The van der Waals surface area contributed by atoms with E-state index < -0.39 is 8.80 Å². The van der Waals surface area contributed by atoms with Gasteiger partial charge in [0, 0.05) is 59.5 Å². The Balaban J connectivity index is 4.26. The van der Waals surface area contributed by atoms with Crippen LogP contribution in [0.2, 0.25) is 0 Å². The zero-order valence-electron chi connectivity index (χ0n) is 15.7. The summed E-state index contributed by atoms with van der Waals surface area (Å²) in [5.41, 5.74) is 1.70. The van der Waals surface area contributed by atoms with Gasteiger partial charge in [0.25, 0.3) is 0 Å². The largest absolute Gasteiger partial charge is 0.529 e. The maximum Gasteiger partial charge on any atom is 0.529 e. The van der Waals surface area contributed by atoms with Gasteiger partial charge in [0.05, 0.1) is 0 Å². The second kappa shape index (κ2) is 17.5. The van der Waals surface area contributed by atoms with Gasteiger partial charge in [-0.3, -0.25) is 0 Å². The zero-order chi connectivity index (χ0) is 17.9. The van der Waals surface area contributed by atoms with Crippen LogP contribution in [0.5, 0.6) is 0 Å². The summed E-state index contributed by atoms with van der Waals surface area (Å²) in [5, 5.41) is 0. The average Bonchev–Trinajstić information content (AvgIpc) is 2.60. The number of hydrogen-bond donors (Lipinski definition) is 0. The van der Waals surface area contributed by atoms with Crippen molar-refractivity contribution < 1.29 is 27.5 Å². The fraction of sp³-hybridized carbons (Fsp3) is 0.882. The average molecular weight is 365 g/mol. The summed E-state index contributed by atoms with van der Waals surface area (Å²) < 4.78 is 33.8. The van der Waals surface area contributed by atoms with Gasteiger partial charge < -0.3 is 27.5 Å². The van der Waals surface area contributed by atoms with Crippen LogP contribution >= 0.6 is 0 Å². The predicted molar refractivity (Wildman–Crippen MR) is 97.1 cm³/mol. The molecule has 0 aromatic rings. The van der Waals surface area contributed by atoms with Gasteiger partial charge in [0.15, 0.2) is 0 Å². The fourth-order valence-electron chi connectivity index (χ4n) is 1.86. The topological polar surface area (TPSA) is 55.4 Å². The molecule has 6 nitrogen and oxygen atoms in total. The molecule has 0 bridgehead atoms. The molecule has 0 spiro atoms. The summed E-state index contributed by atoms with van der Waals surface area (Å²) in [6.45, 7) is 15.6. The SMILES string of the molecule is C=C[Si](OCCCOCC)(OCCCOCC)OCCCOCC. The van der Waals surface area contributed by atoms with Gasteiger partial charge in [0.2, 0.25) is 0 Å². The van der Waals surface area contributed by atoms with E-state index >= 15 is 0 Å². The van der Waals surface area contributed by atoms with Crippen molar-refractivity contribution in [2.75, 3.05) is 59.5 Å². The Morgan fingerprint density at radius 3 is 1.21 bits per heavy atom. The lowest BCUT2D eigenvalue weighted by Gasteiger charge is -2.27. The summed E-state index contributed by atoms with van der Waals surface area (Å²) in [6.07, 6.45) is 2.42. The van der Waals surface area contributed by atoms with E-state index in [0.29, 0.717) is 59.5 Å². The van der Waals surface area contributed by atoms with Crippen LogP contribution in [0.4, 0.5) is 0 Å². The molecule has 0 aliphatic rings. The van der Waals surface area contributed by atoms with Crippen molar-refractivity contribution >= 4 is 8.80 Å². The Bertz CT molecular complexity index is 242. The minimum atomic E-state index is -2.85. The molecule has 0 unspecified atom stereocenters. The lowest BCUT2D eigenvalue weighted by molar-refractivity contribution is 0.0448. The normalized spacial score (nSPS) is 11.8. The number of ether oxygens (including phenoxy) is 3. The Labute approximate surface area is 148 Å². The van der Waals surface area contributed by atoms with E-state index in [1.54, 1.807) is 5.70 Å².